The van der Waals surface area contributed by atoms with E-state index >= 15 is 0 Å². The molecule has 0 aliphatic heterocycles. The Kier molecular flexibility index (Phi) is 5.49. The quantitative estimate of drug-likeness (QED) is 0.853. The molecule has 0 aliphatic carbocycles. The Labute approximate surface area is 102 Å². The van der Waals surface area contributed by atoms with Gasteiger partial charge in [-0.15, -0.1) is 0 Å². The van der Waals surface area contributed by atoms with E-state index in [-0.39, 0.29) is 6.09 Å². The second-order valence-corrected chi connectivity index (χ2v) is 3.83. The van der Waals surface area contributed by atoms with Crippen LogP contribution in [0.4, 0.5) is 10.5 Å². The number of rotatable bonds is 5. The number of aryl methyl sites for hydroxylation is 1. The molecule has 1 amide bonds. The molecule has 1 aromatic carbocycles. The first kappa shape index (κ1) is 13.5. The summed E-state index contributed by atoms with van der Waals surface area (Å²) in [5, 5.41) is 0. The molecule has 0 fully saturated rings. The zero-order valence-electron chi connectivity index (χ0n) is 10.5. The topological polar surface area (TPSA) is 55.6 Å². The van der Waals surface area contributed by atoms with E-state index in [1.165, 1.54) is 0 Å². The summed E-state index contributed by atoms with van der Waals surface area (Å²) in [6, 6.07) is 7.79. The molecule has 2 N–H and O–H groups in total. The molecule has 0 saturated heterocycles. The molecule has 0 saturated carbocycles. The molecular weight excluding hydrogens is 216 g/mol. The van der Waals surface area contributed by atoms with Crippen LogP contribution in [0.15, 0.2) is 24.3 Å². The molecule has 0 spiro atoms. The molecule has 0 unspecified atom stereocenters. The second kappa shape index (κ2) is 6.91. The van der Waals surface area contributed by atoms with Gasteiger partial charge in [-0.25, -0.2) is 4.79 Å². The van der Waals surface area contributed by atoms with Crippen LogP contribution in [0.3, 0.4) is 0 Å². The van der Waals surface area contributed by atoms with Gasteiger partial charge >= 0.3 is 6.09 Å². The van der Waals surface area contributed by atoms with E-state index < -0.39 is 0 Å². The van der Waals surface area contributed by atoms with Gasteiger partial charge in [0.1, 0.15) is 0 Å². The Hall–Kier alpha value is -1.55. The van der Waals surface area contributed by atoms with E-state index in [1.54, 1.807) is 11.8 Å². The number of ether oxygens (including phenoxy) is 1. The monoisotopic (exact) mass is 236 g/mol. The number of carbonyl (C=O) groups is 1. The highest BCUT2D eigenvalue weighted by atomic mass is 16.6. The van der Waals surface area contributed by atoms with Gasteiger partial charge < -0.3 is 10.5 Å². The first-order valence-corrected chi connectivity index (χ1v) is 5.90. The molecule has 0 aromatic heterocycles. The highest BCUT2D eigenvalue weighted by molar-refractivity contribution is 5.87. The summed E-state index contributed by atoms with van der Waals surface area (Å²) in [5.74, 6) is 0. The number of hydrogen-bond donors (Lipinski definition) is 1. The summed E-state index contributed by atoms with van der Waals surface area (Å²) in [4.78, 5) is 13.5. The first-order chi connectivity index (χ1) is 8.19. The number of nitrogens with zero attached hydrogens (tertiary/aromatic N) is 1. The van der Waals surface area contributed by atoms with Gasteiger partial charge in [-0.1, -0.05) is 12.1 Å². The van der Waals surface area contributed by atoms with E-state index in [2.05, 4.69) is 0 Å². The fraction of sp³-hybridized carbons (Fsp3) is 0.462. The summed E-state index contributed by atoms with van der Waals surface area (Å²) in [7, 11) is 0. The van der Waals surface area contributed by atoms with Gasteiger partial charge in [0.25, 0.3) is 0 Å². The van der Waals surface area contributed by atoms with Crippen molar-refractivity contribution < 1.29 is 9.53 Å². The maximum atomic E-state index is 11.8. The van der Waals surface area contributed by atoms with Crippen molar-refractivity contribution in [3.63, 3.8) is 0 Å². The summed E-state index contributed by atoms with van der Waals surface area (Å²) in [6.45, 7) is 5.31. The van der Waals surface area contributed by atoms with Crippen LogP contribution in [0.1, 0.15) is 18.9 Å². The molecule has 0 radical (unpaired) electrons. The molecule has 0 aliphatic rings. The van der Waals surface area contributed by atoms with Crippen LogP contribution in [0.25, 0.3) is 0 Å². The summed E-state index contributed by atoms with van der Waals surface area (Å²) in [5.41, 5.74) is 7.45. The smallest absolute Gasteiger partial charge is 0.414 e. The van der Waals surface area contributed by atoms with E-state index in [1.807, 2.05) is 31.2 Å². The summed E-state index contributed by atoms with van der Waals surface area (Å²) >= 11 is 0. The summed E-state index contributed by atoms with van der Waals surface area (Å²) in [6.07, 6.45) is 0.443. The van der Waals surface area contributed by atoms with Crippen molar-refractivity contribution in [1.29, 1.82) is 0 Å². The highest BCUT2D eigenvalue weighted by Gasteiger charge is 2.15. The van der Waals surface area contributed by atoms with Crippen LogP contribution in [0, 0.1) is 6.92 Å². The number of nitrogens with two attached hydrogens (primary N) is 1. The third-order valence-electron chi connectivity index (χ3n) is 2.39. The van der Waals surface area contributed by atoms with E-state index in [4.69, 9.17) is 10.5 Å². The average molecular weight is 236 g/mol. The summed E-state index contributed by atoms with van der Waals surface area (Å²) < 4.78 is 5.04. The number of carbonyl (C=O) groups excluding carboxylic acids is 1. The molecule has 17 heavy (non-hydrogen) atoms. The largest absolute Gasteiger partial charge is 0.449 e. The molecule has 4 nitrogen and oxygen atoms in total. The molecule has 4 heteroatoms. The maximum absolute atomic E-state index is 11.8. The van der Waals surface area contributed by atoms with Gasteiger partial charge in [0.05, 0.1) is 6.61 Å². The van der Waals surface area contributed by atoms with E-state index in [0.717, 1.165) is 17.7 Å². The molecule has 1 aromatic rings. The Morgan fingerprint density at radius 2 is 2.24 bits per heavy atom. The minimum Gasteiger partial charge on any atom is -0.449 e. The van der Waals surface area contributed by atoms with Crippen molar-refractivity contribution in [3.8, 4) is 0 Å². The fourth-order valence-electron chi connectivity index (χ4n) is 1.57. The minimum absolute atomic E-state index is 0.313. The van der Waals surface area contributed by atoms with E-state index in [0.29, 0.717) is 19.7 Å². The van der Waals surface area contributed by atoms with Gasteiger partial charge in [-0.05, 0) is 44.5 Å². The Balaban J connectivity index is 2.85. The van der Waals surface area contributed by atoms with E-state index in [9.17, 15) is 4.79 Å². The molecule has 1 rings (SSSR count). The van der Waals surface area contributed by atoms with Gasteiger partial charge in [0.2, 0.25) is 0 Å². The van der Waals surface area contributed by atoms with Crippen molar-refractivity contribution in [3.05, 3.63) is 29.8 Å². The van der Waals surface area contributed by atoms with Gasteiger partial charge in [-0.3, -0.25) is 4.90 Å². The van der Waals surface area contributed by atoms with Crippen LogP contribution in [0.5, 0.6) is 0 Å². The SMILES string of the molecule is CCOC(=O)N(CCCN)c1cccc(C)c1. The van der Waals surface area contributed by atoms with Crippen LogP contribution in [-0.4, -0.2) is 25.8 Å². The lowest BCUT2D eigenvalue weighted by Crippen LogP contribution is -2.33. The molecular formula is C13H20N2O2. The molecule has 0 heterocycles. The normalized spacial score (nSPS) is 10.1. The standard InChI is InChI=1S/C13H20N2O2/c1-3-17-13(16)15(9-5-8-14)12-7-4-6-11(2)10-12/h4,6-7,10H,3,5,8-9,14H2,1-2H3. The zero-order chi connectivity index (χ0) is 12.7. The molecule has 0 atom stereocenters. The van der Waals surface area contributed by atoms with Crippen LogP contribution >= 0.6 is 0 Å². The second-order valence-electron chi connectivity index (χ2n) is 3.83. The van der Waals surface area contributed by atoms with Crippen molar-refractivity contribution in [2.75, 3.05) is 24.6 Å². The molecule has 0 bridgehead atoms. The lowest BCUT2D eigenvalue weighted by atomic mass is 10.2. The van der Waals surface area contributed by atoms with Crippen LogP contribution in [0.2, 0.25) is 0 Å². The van der Waals surface area contributed by atoms with Gasteiger partial charge in [0, 0.05) is 12.2 Å². The minimum atomic E-state index is -0.313. The zero-order valence-corrected chi connectivity index (χ0v) is 10.5. The highest BCUT2D eigenvalue weighted by Crippen LogP contribution is 2.17. The van der Waals surface area contributed by atoms with Crippen LogP contribution < -0.4 is 10.6 Å². The fourth-order valence-corrected chi connectivity index (χ4v) is 1.57. The molecule has 94 valence electrons. The van der Waals surface area contributed by atoms with Gasteiger partial charge in [0.15, 0.2) is 0 Å². The van der Waals surface area contributed by atoms with Crippen molar-refractivity contribution in [2.45, 2.75) is 20.3 Å². The first-order valence-electron chi connectivity index (χ1n) is 5.90. The number of amides is 1. The van der Waals surface area contributed by atoms with Crippen LogP contribution in [-0.2, 0) is 4.74 Å². The Morgan fingerprint density at radius 1 is 1.47 bits per heavy atom. The average Bonchev–Trinajstić information content (AvgIpc) is 2.30. The third-order valence-corrected chi connectivity index (χ3v) is 2.39. The lowest BCUT2D eigenvalue weighted by molar-refractivity contribution is 0.159. The number of hydrogen-bond acceptors (Lipinski definition) is 3. The van der Waals surface area contributed by atoms with Crippen molar-refractivity contribution >= 4 is 11.8 Å². The maximum Gasteiger partial charge on any atom is 0.414 e. The lowest BCUT2D eigenvalue weighted by Gasteiger charge is -2.22. The van der Waals surface area contributed by atoms with Crippen molar-refractivity contribution in [1.82, 2.24) is 0 Å². The predicted octanol–water partition coefficient (Wildman–Crippen LogP) is 2.31. The van der Waals surface area contributed by atoms with Gasteiger partial charge in [-0.2, -0.15) is 0 Å². The number of anilines is 1. The number of benzene rings is 1. The Bertz CT molecular complexity index is 366. The third kappa shape index (κ3) is 4.07. The predicted molar refractivity (Wildman–Crippen MR) is 69.2 cm³/mol. The Morgan fingerprint density at radius 3 is 2.82 bits per heavy atom. The van der Waals surface area contributed by atoms with Crippen molar-refractivity contribution in [2.24, 2.45) is 5.73 Å².